The molecule has 4 nitrogen and oxygen atoms in total. The summed E-state index contributed by atoms with van der Waals surface area (Å²) in [7, 11) is -3.45. The summed E-state index contributed by atoms with van der Waals surface area (Å²) < 4.78 is 32.6. The van der Waals surface area contributed by atoms with Crippen molar-refractivity contribution in [3.8, 4) is 5.75 Å². The van der Waals surface area contributed by atoms with Crippen molar-refractivity contribution in [2.75, 3.05) is 12.9 Å². The van der Waals surface area contributed by atoms with Crippen LogP contribution in [0.3, 0.4) is 0 Å². The second-order valence-corrected chi connectivity index (χ2v) is 5.82. The molecule has 0 N–H and O–H groups in total. The van der Waals surface area contributed by atoms with Crippen molar-refractivity contribution in [1.29, 1.82) is 0 Å². The minimum absolute atomic E-state index is 0.0231. The fourth-order valence-electron chi connectivity index (χ4n) is 1.08. The molecule has 1 rings (SSSR count). The van der Waals surface area contributed by atoms with Crippen molar-refractivity contribution in [1.82, 2.24) is 0 Å². The molecule has 0 spiro atoms. The molecule has 1 aromatic rings. The molecule has 0 aliphatic rings. The normalized spacial score (nSPS) is 11.2. The Balaban J connectivity index is 2.79. The maximum Gasteiger partial charge on any atom is 0.264 e. The van der Waals surface area contributed by atoms with E-state index in [0.717, 1.165) is 10.7 Å². The van der Waals surface area contributed by atoms with Crippen molar-refractivity contribution in [2.45, 2.75) is 6.61 Å². The summed E-state index contributed by atoms with van der Waals surface area (Å²) in [5.74, 6) is 0.639. The van der Waals surface area contributed by atoms with Gasteiger partial charge < -0.3 is 4.74 Å². The fraction of sp³-hybridized carbons (Fsp3) is 0.273. The highest BCUT2D eigenvalue weighted by molar-refractivity contribution is 9.10. The average molecular weight is 321 g/mol. The van der Waals surface area contributed by atoms with E-state index in [-0.39, 0.29) is 6.61 Å². The third-order valence-electron chi connectivity index (χ3n) is 1.81. The van der Waals surface area contributed by atoms with Crippen LogP contribution in [0.5, 0.6) is 5.75 Å². The van der Waals surface area contributed by atoms with Crippen molar-refractivity contribution in [2.24, 2.45) is 0 Å². The van der Waals surface area contributed by atoms with Crippen LogP contribution in [-0.4, -0.2) is 21.3 Å². The summed E-state index contributed by atoms with van der Waals surface area (Å²) in [5, 5.41) is 0. The van der Waals surface area contributed by atoms with E-state index in [9.17, 15) is 8.42 Å². The van der Waals surface area contributed by atoms with Gasteiger partial charge in [0.15, 0.2) is 0 Å². The molecule has 6 heteroatoms. The number of hydrogen-bond donors (Lipinski definition) is 0. The molecule has 0 aromatic heterocycles. The van der Waals surface area contributed by atoms with Gasteiger partial charge in [-0.05, 0) is 23.8 Å². The first-order chi connectivity index (χ1) is 7.92. The lowest BCUT2D eigenvalue weighted by Crippen LogP contribution is -2.03. The molecule has 0 atom stereocenters. The summed E-state index contributed by atoms with van der Waals surface area (Å²) in [6.45, 7) is 3.92. The molecular weight excluding hydrogens is 308 g/mol. The van der Waals surface area contributed by atoms with Gasteiger partial charge in [0.1, 0.15) is 12.4 Å². The highest BCUT2D eigenvalue weighted by Crippen LogP contribution is 2.23. The number of halogens is 1. The number of ether oxygens (including phenoxy) is 1. The second kappa shape index (κ2) is 6.18. The maximum atomic E-state index is 10.9. The molecule has 0 amide bonds. The second-order valence-electron chi connectivity index (χ2n) is 3.32. The average Bonchev–Trinajstić information content (AvgIpc) is 2.25. The highest BCUT2D eigenvalue weighted by Gasteiger charge is 2.07. The molecule has 1 aromatic carbocycles. The summed E-state index contributed by atoms with van der Waals surface area (Å²) in [5.41, 5.74) is 0.706. The van der Waals surface area contributed by atoms with E-state index >= 15 is 0 Å². The predicted molar refractivity (Wildman–Crippen MR) is 69.5 cm³/mol. The van der Waals surface area contributed by atoms with E-state index < -0.39 is 10.1 Å². The monoisotopic (exact) mass is 320 g/mol. The fourth-order valence-corrected chi connectivity index (χ4v) is 1.78. The summed E-state index contributed by atoms with van der Waals surface area (Å²) in [4.78, 5) is 0. The van der Waals surface area contributed by atoms with Gasteiger partial charge in [0.2, 0.25) is 0 Å². The van der Waals surface area contributed by atoms with Crippen LogP contribution in [0.2, 0.25) is 0 Å². The zero-order valence-corrected chi connectivity index (χ0v) is 11.8. The molecule has 0 unspecified atom stereocenters. The maximum absolute atomic E-state index is 10.9. The largest absolute Gasteiger partial charge is 0.490 e. The van der Waals surface area contributed by atoms with Gasteiger partial charge in [-0.25, -0.2) is 0 Å². The van der Waals surface area contributed by atoms with Crippen LogP contribution in [-0.2, 0) is 20.9 Å². The van der Waals surface area contributed by atoms with Gasteiger partial charge >= 0.3 is 0 Å². The first kappa shape index (κ1) is 14.2. The van der Waals surface area contributed by atoms with E-state index in [2.05, 4.69) is 22.5 Å². The van der Waals surface area contributed by atoms with Crippen LogP contribution >= 0.6 is 15.9 Å². The molecule has 0 fully saturated rings. The lowest BCUT2D eigenvalue weighted by molar-refractivity contribution is 0.309. The third-order valence-corrected chi connectivity index (χ3v) is 3.13. The highest BCUT2D eigenvalue weighted by atomic mass is 79.9. The Bertz CT molecular complexity index is 496. The Morgan fingerprint density at radius 3 is 2.76 bits per heavy atom. The number of hydrogen-bond acceptors (Lipinski definition) is 4. The number of rotatable bonds is 6. The van der Waals surface area contributed by atoms with Gasteiger partial charge in [0.25, 0.3) is 10.1 Å². The number of benzene rings is 1. The topological polar surface area (TPSA) is 52.6 Å². The Morgan fingerprint density at radius 2 is 2.18 bits per heavy atom. The standard InChI is InChI=1S/C11H13BrO4S/c1-3-6-15-10-4-5-11(12)9(7-10)8-16-17(2,13)14/h3-5,7H,1,6,8H2,2H3. The molecule has 17 heavy (non-hydrogen) atoms. The van der Waals surface area contributed by atoms with E-state index in [1.807, 2.05) is 0 Å². The Kier molecular flexibility index (Phi) is 5.17. The zero-order chi connectivity index (χ0) is 12.9. The molecule has 0 aliphatic carbocycles. The van der Waals surface area contributed by atoms with Crippen LogP contribution in [0.15, 0.2) is 35.3 Å². The molecule has 0 saturated heterocycles. The summed E-state index contributed by atoms with van der Waals surface area (Å²) in [6.07, 6.45) is 2.65. The first-order valence-electron chi connectivity index (χ1n) is 4.79. The van der Waals surface area contributed by atoms with Crippen LogP contribution in [0.25, 0.3) is 0 Å². The van der Waals surface area contributed by atoms with E-state index in [0.29, 0.717) is 17.9 Å². The molecule has 0 aliphatic heterocycles. The van der Waals surface area contributed by atoms with Crippen LogP contribution in [0.1, 0.15) is 5.56 Å². The summed E-state index contributed by atoms with van der Waals surface area (Å²) >= 11 is 3.32. The van der Waals surface area contributed by atoms with Gasteiger partial charge in [-0.3, -0.25) is 4.18 Å². The van der Waals surface area contributed by atoms with Crippen LogP contribution in [0, 0.1) is 0 Å². The lowest BCUT2D eigenvalue weighted by Gasteiger charge is -2.08. The van der Waals surface area contributed by atoms with Crippen molar-refractivity contribution in [3.05, 3.63) is 40.9 Å². The smallest absolute Gasteiger partial charge is 0.264 e. The molecule has 94 valence electrons. The third kappa shape index (κ3) is 5.34. The molecule has 0 heterocycles. The Morgan fingerprint density at radius 1 is 1.47 bits per heavy atom. The lowest BCUT2D eigenvalue weighted by atomic mass is 10.2. The van der Waals surface area contributed by atoms with Gasteiger partial charge in [0, 0.05) is 4.47 Å². The van der Waals surface area contributed by atoms with Gasteiger partial charge in [-0.15, -0.1) is 0 Å². The first-order valence-corrected chi connectivity index (χ1v) is 7.40. The molecule has 0 radical (unpaired) electrons. The zero-order valence-electron chi connectivity index (χ0n) is 9.35. The van der Waals surface area contributed by atoms with Gasteiger partial charge in [0.05, 0.1) is 12.9 Å². The van der Waals surface area contributed by atoms with Crippen molar-refractivity contribution < 1.29 is 17.3 Å². The summed E-state index contributed by atoms with van der Waals surface area (Å²) in [6, 6.07) is 5.27. The van der Waals surface area contributed by atoms with Gasteiger partial charge in [-0.1, -0.05) is 28.6 Å². The van der Waals surface area contributed by atoms with Crippen LogP contribution < -0.4 is 4.74 Å². The minimum atomic E-state index is -3.45. The van der Waals surface area contributed by atoms with E-state index in [1.165, 1.54) is 0 Å². The van der Waals surface area contributed by atoms with Crippen LogP contribution in [0.4, 0.5) is 0 Å². The molecule has 0 bridgehead atoms. The van der Waals surface area contributed by atoms with Crippen molar-refractivity contribution in [3.63, 3.8) is 0 Å². The molecular formula is C11H13BrO4S. The van der Waals surface area contributed by atoms with Crippen molar-refractivity contribution >= 4 is 26.0 Å². The molecule has 0 saturated carbocycles. The Hall–Kier alpha value is -0.850. The Labute approximate surface area is 109 Å². The SMILES string of the molecule is C=CCOc1ccc(Br)c(COS(C)(=O)=O)c1. The van der Waals surface area contributed by atoms with Gasteiger partial charge in [-0.2, -0.15) is 8.42 Å². The van der Waals surface area contributed by atoms with E-state index in [1.54, 1.807) is 24.3 Å². The van der Waals surface area contributed by atoms with E-state index in [4.69, 9.17) is 8.92 Å². The predicted octanol–water partition coefficient (Wildman–Crippen LogP) is 2.49. The minimum Gasteiger partial charge on any atom is -0.490 e. The quantitative estimate of drug-likeness (QED) is 0.597.